The molecular weight excluding hydrogens is 260 g/mol. The fourth-order valence-electron chi connectivity index (χ4n) is 1.48. The number of hydrogen-bond donors (Lipinski definition) is 2. The van der Waals surface area contributed by atoms with Gasteiger partial charge in [0.2, 0.25) is 5.91 Å². The Hall–Kier alpha value is -1.62. The van der Waals surface area contributed by atoms with E-state index in [1.807, 2.05) is 24.3 Å². The summed E-state index contributed by atoms with van der Waals surface area (Å²) in [5.74, 6) is 0.662. The van der Waals surface area contributed by atoms with Crippen molar-refractivity contribution in [3.05, 3.63) is 29.8 Å². The number of ether oxygens (including phenoxy) is 1. The number of benzene rings is 1. The number of thiocarbonyl (C=S) groups is 1. The number of methoxy groups -OCH3 is 1. The predicted octanol–water partition coefficient (Wildman–Crippen LogP) is 1.67. The van der Waals surface area contributed by atoms with E-state index in [4.69, 9.17) is 22.7 Å². The maximum Gasteiger partial charge on any atom is 0.232 e. The second-order valence-electron chi connectivity index (χ2n) is 4.85. The zero-order valence-electron chi connectivity index (χ0n) is 11.5. The maximum absolute atomic E-state index is 11.9. The molecule has 0 bridgehead atoms. The molecule has 0 fully saturated rings. The first kappa shape index (κ1) is 15.4. The van der Waals surface area contributed by atoms with Gasteiger partial charge in [0.15, 0.2) is 0 Å². The lowest BCUT2D eigenvalue weighted by Gasteiger charge is -2.21. The van der Waals surface area contributed by atoms with Crippen LogP contribution in [0.2, 0.25) is 0 Å². The molecule has 19 heavy (non-hydrogen) atoms. The standard InChI is InChI=1S/C14H20N2O2S/c1-14(2,12(15)19)13(17)16-8-7-10-5-4-6-11(9-10)18-3/h4-6,9H,7-8H2,1-3H3,(H2,15,19)(H,16,17). The van der Waals surface area contributed by atoms with Crippen molar-refractivity contribution in [2.75, 3.05) is 13.7 Å². The first-order valence-electron chi connectivity index (χ1n) is 6.09. The van der Waals surface area contributed by atoms with Gasteiger partial charge in [-0.3, -0.25) is 4.79 Å². The molecule has 104 valence electrons. The minimum atomic E-state index is -0.816. The van der Waals surface area contributed by atoms with Crippen LogP contribution in [-0.2, 0) is 11.2 Å². The average molecular weight is 280 g/mol. The highest BCUT2D eigenvalue weighted by atomic mass is 32.1. The van der Waals surface area contributed by atoms with Crippen molar-refractivity contribution in [1.82, 2.24) is 5.32 Å². The summed E-state index contributed by atoms with van der Waals surface area (Å²) >= 11 is 4.89. The highest BCUT2D eigenvalue weighted by molar-refractivity contribution is 7.80. The van der Waals surface area contributed by atoms with Crippen LogP contribution < -0.4 is 15.8 Å². The number of nitrogens with two attached hydrogens (primary N) is 1. The van der Waals surface area contributed by atoms with E-state index >= 15 is 0 Å². The molecule has 0 radical (unpaired) electrons. The summed E-state index contributed by atoms with van der Waals surface area (Å²) in [4.78, 5) is 12.1. The molecule has 0 unspecified atom stereocenters. The summed E-state index contributed by atoms with van der Waals surface area (Å²) < 4.78 is 5.15. The van der Waals surface area contributed by atoms with Crippen LogP contribution in [0.3, 0.4) is 0 Å². The lowest BCUT2D eigenvalue weighted by atomic mass is 9.92. The van der Waals surface area contributed by atoms with E-state index in [0.717, 1.165) is 17.7 Å². The zero-order chi connectivity index (χ0) is 14.5. The normalized spacial score (nSPS) is 10.9. The molecule has 0 heterocycles. The Morgan fingerprint density at radius 3 is 2.74 bits per heavy atom. The van der Waals surface area contributed by atoms with E-state index in [-0.39, 0.29) is 10.9 Å². The van der Waals surface area contributed by atoms with Gasteiger partial charge in [0.05, 0.1) is 17.5 Å². The lowest BCUT2D eigenvalue weighted by Crippen LogP contribution is -2.45. The van der Waals surface area contributed by atoms with Gasteiger partial charge in [0.25, 0.3) is 0 Å². The van der Waals surface area contributed by atoms with Crippen molar-refractivity contribution >= 4 is 23.1 Å². The monoisotopic (exact) mass is 280 g/mol. The van der Waals surface area contributed by atoms with Crippen LogP contribution in [0.5, 0.6) is 5.75 Å². The Balaban J connectivity index is 2.50. The smallest absolute Gasteiger partial charge is 0.232 e. The van der Waals surface area contributed by atoms with Crippen molar-refractivity contribution in [2.24, 2.45) is 11.1 Å². The predicted molar refractivity (Wildman–Crippen MR) is 80.3 cm³/mol. The van der Waals surface area contributed by atoms with E-state index in [9.17, 15) is 4.79 Å². The fraction of sp³-hybridized carbons (Fsp3) is 0.429. The van der Waals surface area contributed by atoms with Gasteiger partial charge >= 0.3 is 0 Å². The van der Waals surface area contributed by atoms with Gasteiger partial charge < -0.3 is 15.8 Å². The maximum atomic E-state index is 11.9. The average Bonchev–Trinajstić information content (AvgIpc) is 2.38. The second-order valence-corrected chi connectivity index (χ2v) is 5.29. The summed E-state index contributed by atoms with van der Waals surface area (Å²) in [6, 6.07) is 7.76. The molecule has 0 atom stereocenters. The number of rotatable bonds is 6. The highest BCUT2D eigenvalue weighted by Gasteiger charge is 2.30. The third-order valence-corrected chi connectivity index (χ3v) is 3.53. The van der Waals surface area contributed by atoms with Crippen LogP contribution in [-0.4, -0.2) is 24.6 Å². The third-order valence-electron chi connectivity index (χ3n) is 3.02. The largest absolute Gasteiger partial charge is 0.497 e. The molecule has 1 aromatic rings. The SMILES string of the molecule is COc1cccc(CCNC(=O)C(C)(C)C(N)=S)c1. The minimum absolute atomic E-state index is 0.150. The van der Waals surface area contributed by atoms with Crippen molar-refractivity contribution in [1.29, 1.82) is 0 Å². The van der Waals surface area contributed by atoms with Crippen LogP contribution in [0.1, 0.15) is 19.4 Å². The molecule has 5 heteroatoms. The number of nitrogens with one attached hydrogen (secondary N) is 1. The van der Waals surface area contributed by atoms with Crippen LogP contribution in [0.15, 0.2) is 24.3 Å². The van der Waals surface area contributed by atoms with Gasteiger partial charge in [0.1, 0.15) is 5.75 Å². The molecule has 3 N–H and O–H groups in total. The molecule has 0 saturated heterocycles. The summed E-state index contributed by atoms with van der Waals surface area (Å²) in [5, 5.41) is 2.84. The molecule has 1 rings (SSSR count). The van der Waals surface area contributed by atoms with E-state index in [0.29, 0.717) is 6.54 Å². The number of carbonyl (C=O) groups excluding carboxylic acids is 1. The molecule has 0 aromatic heterocycles. The third kappa shape index (κ3) is 4.21. The van der Waals surface area contributed by atoms with Gasteiger partial charge in [-0.15, -0.1) is 0 Å². The van der Waals surface area contributed by atoms with Gasteiger partial charge in [0, 0.05) is 6.54 Å². The number of amides is 1. The van der Waals surface area contributed by atoms with Crippen LogP contribution in [0.4, 0.5) is 0 Å². The first-order valence-corrected chi connectivity index (χ1v) is 6.50. The van der Waals surface area contributed by atoms with Crippen LogP contribution in [0, 0.1) is 5.41 Å². The van der Waals surface area contributed by atoms with Gasteiger partial charge in [-0.2, -0.15) is 0 Å². The van der Waals surface area contributed by atoms with E-state index in [2.05, 4.69) is 5.32 Å². The molecule has 0 spiro atoms. The Morgan fingerprint density at radius 1 is 1.47 bits per heavy atom. The summed E-state index contributed by atoms with van der Waals surface area (Å²) in [5.41, 5.74) is 5.83. The zero-order valence-corrected chi connectivity index (χ0v) is 12.3. The van der Waals surface area contributed by atoms with Gasteiger partial charge in [-0.1, -0.05) is 24.4 Å². The van der Waals surface area contributed by atoms with E-state index in [1.165, 1.54) is 0 Å². The van der Waals surface area contributed by atoms with Gasteiger partial charge in [-0.25, -0.2) is 0 Å². The van der Waals surface area contributed by atoms with Crippen molar-refractivity contribution < 1.29 is 9.53 Å². The van der Waals surface area contributed by atoms with Crippen molar-refractivity contribution in [2.45, 2.75) is 20.3 Å². The Morgan fingerprint density at radius 2 is 2.16 bits per heavy atom. The Kier molecular flexibility index (Phi) is 5.30. The highest BCUT2D eigenvalue weighted by Crippen LogP contribution is 2.16. The summed E-state index contributed by atoms with van der Waals surface area (Å²) in [6.07, 6.45) is 0.732. The molecule has 0 saturated carbocycles. The molecule has 0 aliphatic heterocycles. The van der Waals surface area contributed by atoms with E-state index < -0.39 is 5.41 Å². The summed E-state index contributed by atoms with van der Waals surface area (Å²) in [6.45, 7) is 3.98. The lowest BCUT2D eigenvalue weighted by molar-refractivity contribution is -0.126. The van der Waals surface area contributed by atoms with Crippen molar-refractivity contribution in [3.63, 3.8) is 0 Å². The van der Waals surface area contributed by atoms with E-state index in [1.54, 1.807) is 21.0 Å². The van der Waals surface area contributed by atoms with Crippen molar-refractivity contribution in [3.8, 4) is 5.75 Å². The number of carbonyl (C=O) groups is 1. The topological polar surface area (TPSA) is 64.3 Å². The minimum Gasteiger partial charge on any atom is -0.497 e. The quantitative estimate of drug-likeness (QED) is 0.778. The second kappa shape index (κ2) is 6.52. The Bertz CT molecular complexity index is 472. The molecule has 1 aromatic carbocycles. The molecular formula is C14H20N2O2S. The fourth-order valence-corrected chi connectivity index (χ4v) is 1.57. The Labute approximate surface area is 119 Å². The molecule has 4 nitrogen and oxygen atoms in total. The summed E-state index contributed by atoms with van der Waals surface area (Å²) in [7, 11) is 1.63. The van der Waals surface area contributed by atoms with Crippen LogP contribution >= 0.6 is 12.2 Å². The first-order chi connectivity index (χ1) is 8.87. The number of hydrogen-bond acceptors (Lipinski definition) is 3. The molecule has 1 amide bonds. The molecule has 0 aliphatic rings. The molecule has 0 aliphatic carbocycles. The van der Waals surface area contributed by atoms with Gasteiger partial charge in [-0.05, 0) is 38.0 Å². The van der Waals surface area contributed by atoms with Crippen LogP contribution in [0.25, 0.3) is 0 Å².